The van der Waals surface area contributed by atoms with Crippen LogP contribution in [0.5, 0.6) is 0 Å². The van der Waals surface area contributed by atoms with Crippen molar-refractivity contribution in [1.29, 1.82) is 0 Å². The molecule has 3 nitrogen and oxygen atoms in total. The zero-order valence-corrected chi connectivity index (χ0v) is 11.7. The van der Waals surface area contributed by atoms with E-state index in [1.54, 1.807) is 12.1 Å². The summed E-state index contributed by atoms with van der Waals surface area (Å²) >= 11 is 0. The number of benzene rings is 1. The molecule has 1 aliphatic carbocycles. The van der Waals surface area contributed by atoms with Crippen molar-refractivity contribution in [2.24, 2.45) is 11.8 Å². The van der Waals surface area contributed by atoms with E-state index in [4.69, 9.17) is 0 Å². The molecule has 2 aliphatic rings. The van der Waals surface area contributed by atoms with E-state index in [9.17, 15) is 14.0 Å². The lowest BCUT2D eigenvalue weighted by Gasteiger charge is -2.36. The van der Waals surface area contributed by atoms with E-state index < -0.39 is 5.92 Å². The van der Waals surface area contributed by atoms with Gasteiger partial charge in [-0.1, -0.05) is 24.3 Å². The molecule has 0 aromatic heterocycles. The molecule has 3 rings (SSSR count). The van der Waals surface area contributed by atoms with Crippen molar-refractivity contribution in [2.75, 3.05) is 0 Å². The molecule has 0 saturated carbocycles. The van der Waals surface area contributed by atoms with Crippen LogP contribution in [0.4, 0.5) is 4.39 Å². The van der Waals surface area contributed by atoms with E-state index in [-0.39, 0.29) is 23.5 Å². The first-order valence-electron chi connectivity index (χ1n) is 7.39. The third-order valence-electron chi connectivity index (χ3n) is 4.52. The molecule has 3 atom stereocenters. The molecule has 1 saturated heterocycles. The van der Waals surface area contributed by atoms with E-state index in [1.807, 2.05) is 0 Å². The Morgan fingerprint density at radius 2 is 2.05 bits per heavy atom. The van der Waals surface area contributed by atoms with Crippen molar-refractivity contribution in [3.8, 4) is 0 Å². The average molecular weight is 287 g/mol. The van der Waals surface area contributed by atoms with Crippen molar-refractivity contribution in [2.45, 2.75) is 31.6 Å². The molecule has 0 bridgehead atoms. The van der Waals surface area contributed by atoms with Crippen LogP contribution in [0.3, 0.4) is 0 Å². The topological polar surface area (TPSA) is 46.2 Å². The van der Waals surface area contributed by atoms with E-state index in [2.05, 4.69) is 17.5 Å². The Hall–Kier alpha value is -1.97. The van der Waals surface area contributed by atoms with Gasteiger partial charge in [0.25, 0.3) is 0 Å². The summed E-state index contributed by atoms with van der Waals surface area (Å²) in [4.78, 5) is 24.0. The molecule has 21 heavy (non-hydrogen) atoms. The second-order valence-electron chi connectivity index (χ2n) is 5.86. The lowest BCUT2D eigenvalue weighted by molar-refractivity contribution is -0.137. The number of carbonyl (C=O) groups is 2. The molecule has 1 N–H and O–H groups in total. The highest BCUT2D eigenvalue weighted by Crippen LogP contribution is 2.40. The molecule has 0 spiro atoms. The minimum absolute atomic E-state index is 0.0435. The highest BCUT2D eigenvalue weighted by molar-refractivity contribution is 6.01. The Bertz CT molecular complexity index is 596. The van der Waals surface area contributed by atoms with Gasteiger partial charge in [-0.25, -0.2) is 4.39 Å². The van der Waals surface area contributed by atoms with Crippen LogP contribution in [0, 0.1) is 17.7 Å². The standard InChI is InChI=1S/C17H18FNO2/c18-13-8-4-7-12(9-13)16-14(10-15(20)19-17(16)21)11-5-2-1-3-6-11/h1-2,4,7-9,11,14,16H,3,5-6,10H2,(H,19,20,21). The maximum absolute atomic E-state index is 13.5. The molecule has 1 aromatic carbocycles. The van der Waals surface area contributed by atoms with Gasteiger partial charge in [-0.2, -0.15) is 0 Å². The molecule has 3 unspecified atom stereocenters. The number of hydrogen-bond donors (Lipinski definition) is 1. The summed E-state index contributed by atoms with van der Waals surface area (Å²) in [5.41, 5.74) is 0.666. The van der Waals surface area contributed by atoms with Gasteiger partial charge in [-0.15, -0.1) is 0 Å². The highest BCUT2D eigenvalue weighted by Gasteiger charge is 2.40. The number of halogens is 1. The Balaban J connectivity index is 1.94. The number of carbonyl (C=O) groups excluding carboxylic acids is 2. The maximum atomic E-state index is 13.5. The smallest absolute Gasteiger partial charge is 0.234 e. The second-order valence-corrected chi connectivity index (χ2v) is 5.86. The molecular formula is C17H18FNO2. The van der Waals surface area contributed by atoms with Crippen LogP contribution in [0.1, 0.15) is 37.2 Å². The third kappa shape index (κ3) is 2.89. The fourth-order valence-corrected chi connectivity index (χ4v) is 3.54. The minimum Gasteiger partial charge on any atom is -0.296 e. The largest absolute Gasteiger partial charge is 0.296 e. The summed E-state index contributed by atoms with van der Waals surface area (Å²) in [6.07, 6.45) is 7.44. The van der Waals surface area contributed by atoms with E-state index in [0.29, 0.717) is 17.9 Å². The van der Waals surface area contributed by atoms with Crippen LogP contribution in [-0.4, -0.2) is 11.8 Å². The summed E-state index contributed by atoms with van der Waals surface area (Å²) < 4.78 is 13.5. The molecule has 1 aromatic rings. The fourth-order valence-electron chi connectivity index (χ4n) is 3.54. The predicted octanol–water partition coefficient (Wildman–Crippen LogP) is 2.93. The third-order valence-corrected chi connectivity index (χ3v) is 4.52. The van der Waals surface area contributed by atoms with Crippen molar-refractivity contribution >= 4 is 11.8 Å². The predicted molar refractivity (Wildman–Crippen MR) is 76.9 cm³/mol. The van der Waals surface area contributed by atoms with Gasteiger partial charge in [0.2, 0.25) is 11.8 Å². The van der Waals surface area contributed by atoms with Gasteiger partial charge in [0.1, 0.15) is 5.82 Å². The molecule has 1 heterocycles. The quantitative estimate of drug-likeness (QED) is 0.671. The number of nitrogens with one attached hydrogen (secondary N) is 1. The molecule has 1 aliphatic heterocycles. The Morgan fingerprint density at radius 1 is 1.19 bits per heavy atom. The molecule has 0 radical (unpaired) electrons. The SMILES string of the molecule is O=C1CC(C2CC=CCC2)C(c2cccc(F)c2)C(=O)N1. The van der Waals surface area contributed by atoms with Gasteiger partial charge >= 0.3 is 0 Å². The number of allylic oxidation sites excluding steroid dienone is 2. The lowest BCUT2D eigenvalue weighted by Crippen LogP contribution is -2.46. The van der Waals surface area contributed by atoms with Crippen molar-refractivity contribution in [3.63, 3.8) is 0 Å². The normalized spacial score (nSPS) is 29.3. The Labute approximate surface area is 123 Å². The number of imide groups is 1. The van der Waals surface area contributed by atoms with Crippen LogP contribution >= 0.6 is 0 Å². The molecule has 110 valence electrons. The van der Waals surface area contributed by atoms with Crippen LogP contribution in [0.2, 0.25) is 0 Å². The minimum atomic E-state index is -0.435. The summed E-state index contributed by atoms with van der Waals surface area (Å²) in [5.74, 6) is -1.03. The van der Waals surface area contributed by atoms with Gasteiger partial charge in [-0.3, -0.25) is 14.9 Å². The van der Waals surface area contributed by atoms with Gasteiger partial charge in [0, 0.05) is 6.42 Å². The first-order valence-corrected chi connectivity index (χ1v) is 7.39. The molecule has 4 heteroatoms. The number of amides is 2. The Morgan fingerprint density at radius 3 is 2.76 bits per heavy atom. The zero-order valence-electron chi connectivity index (χ0n) is 11.7. The van der Waals surface area contributed by atoms with E-state index in [1.165, 1.54) is 12.1 Å². The first-order chi connectivity index (χ1) is 10.1. The van der Waals surface area contributed by atoms with Gasteiger partial charge < -0.3 is 0 Å². The number of hydrogen-bond acceptors (Lipinski definition) is 2. The fraction of sp³-hybridized carbons (Fsp3) is 0.412. The number of piperidine rings is 1. The van der Waals surface area contributed by atoms with Crippen LogP contribution in [0.15, 0.2) is 36.4 Å². The van der Waals surface area contributed by atoms with Crippen LogP contribution < -0.4 is 5.32 Å². The summed E-state index contributed by atoms with van der Waals surface area (Å²) in [5, 5.41) is 2.40. The lowest BCUT2D eigenvalue weighted by atomic mass is 9.70. The maximum Gasteiger partial charge on any atom is 0.234 e. The first kappa shape index (κ1) is 14.0. The van der Waals surface area contributed by atoms with Gasteiger partial charge in [0.15, 0.2) is 0 Å². The second kappa shape index (κ2) is 5.80. The number of rotatable bonds is 2. The average Bonchev–Trinajstić information content (AvgIpc) is 2.47. The zero-order chi connectivity index (χ0) is 14.8. The summed E-state index contributed by atoms with van der Waals surface area (Å²) in [7, 11) is 0. The van der Waals surface area contributed by atoms with Crippen molar-refractivity contribution < 1.29 is 14.0 Å². The van der Waals surface area contributed by atoms with E-state index in [0.717, 1.165) is 19.3 Å². The van der Waals surface area contributed by atoms with Gasteiger partial charge in [0.05, 0.1) is 5.92 Å². The monoisotopic (exact) mass is 287 g/mol. The molecular weight excluding hydrogens is 269 g/mol. The Kier molecular flexibility index (Phi) is 3.86. The van der Waals surface area contributed by atoms with Gasteiger partial charge in [-0.05, 0) is 48.8 Å². The van der Waals surface area contributed by atoms with Crippen LogP contribution in [-0.2, 0) is 9.59 Å². The molecule has 1 fully saturated rings. The van der Waals surface area contributed by atoms with E-state index >= 15 is 0 Å². The summed E-state index contributed by atoms with van der Waals surface area (Å²) in [6.45, 7) is 0. The summed E-state index contributed by atoms with van der Waals surface area (Å²) in [6, 6.07) is 6.17. The van der Waals surface area contributed by atoms with Crippen molar-refractivity contribution in [3.05, 3.63) is 47.8 Å². The molecule has 2 amide bonds. The highest BCUT2D eigenvalue weighted by atomic mass is 19.1. The van der Waals surface area contributed by atoms with Crippen LogP contribution in [0.25, 0.3) is 0 Å². The van der Waals surface area contributed by atoms with Crippen molar-refractivity contribution in [1.82, 2.24) is 5.32 Å².